The summed E-state index contributed by atoms with van der Waals surface area (Å²) in [5.74, 6) is 1.46. The van der Waals surface area contributed by atoms with Gasteiger partial charge in [0.25, 0.3) is 0 Å². The van der Waals surface area contributed by atoms with Gasteiger partial charge in [-0.25, -0.2) is 0 Å². The van der Waals surface area contributed by atoms with Crippen LogP contribution in [0.1, 0.15) is 84.0 Å². The minimum absolute atomic E-state index is 0.724. The molecule has 0 bridgehead atoms. The molecule has 1 fully saturated rings. The van der Waals surface area contributed by atoms with Crippen molar-refractivity contribution in [1.82, 2.24) is 0 Å². The van der Waals surface area contributed by atoms with Crippen molar-refractivity contribution >= 4 is 0 Å². The highest BCUT2D eigenvalue weighted by Gasteiger charge is 2.23. The monoisotopic (exact) mass is 283 g/mol. The Morgan fingerprint density at radius 1 is 0.850 bits per heavy atom. The molecule has 1 rings (SSSR count). The van der Waals surface area contributed by atoms with E-state index in [9.17, 15) is 0 Å². The van der Waals surface area contributed by atoms with E-state index < -0.39 is 0 Å². The van der Waals surface area contributed by atoms with Crippen LogP contribution in [0.25, 0.3) is 0 Å². The lowest BCUT2D eigenvalue weighted by atomic mass is 9.80. The summed E-state index contributed by atoms with van der Waals surface area (Å²) in [6.07, 6.45) is 16.4. The van der Waals surface area contributed by atoms with Crippen molar-refractivity contribution < 1.29 is 4.74 Å². The lowest BCUT2D eigenvalue weighted by Gasteiger charge is -2.30. The molecule has 0 aromatic heterocycles. The number of hydrogen-bond acceptors (Lipinski definition) is 2. The smallest absolute Gasteiger partial charge is 0.0497 e. The summed E-state index contributed by atoms with van der Waals surface area (Å²) in [7, 11) is 0. The lowest BCUT2D eigenvalue weighted by molar-refractivity contribution is 0.0589. The predicted octanol–water partition coefficient (Wildman–Crippen LogP) is 4.91. The second kappa shape index (κ2) is 12.6. The van der Waals surface area contributed by atoms with Gasteiger partial charge < -0.3 is 10.5 Å². The first-order valence-electron chi connectivity index (χ1n) is 9.16. The van der Waals surface area contributed by atoms with Gasteiger partial charge in [-0.15, -0.1) is 0 Å². The van der Waals surface area contributed by atoms with Crippen LogP contribution in [0.2, 0.25) is 0 Å². The lowest BCUT2D eigenvalue weighted by Crippen LogP contribution is -2.30. The highest BCUT2D eigenvalue weighted by atomic mass is 16.5. The Bertz CT molecular complexity index is 208. The third-order valence-electron chi connectivity index (χ3n) is 4.84. The fourth-order valence-electron chi connectivity index (χ4n) is 3.39. The van der Waals surface area contributed by atoms with Gasteiger partial charge in [-0.1, -0.05) is 64.7 Å². The van der Waals surface area contributed by atoms with E-state index in [-0.39, 0.29) is 0 Å². The molecule has 2 nitrogen and oxygen atoms in total. The van der Waals surface area contributed by atoms with Crippen molar-refractivity contribution in [3.63, 3.8) is 0 Å². The van der Waals surface area contributed by atoms with Crippen LogP contribution in [-0.4, -0.2) is 19.8 Å². The Morgan fingerprint density at radius 2 is 1.45 bits per heavy atom. The van der Waals surface area contributed by atoms with Crippen molar-refractivity contribution in [1.29, 1.82) is 0 Å². The van der Waals surface area contributed by atoms with Gasteiger partial charge in [0.2, 0.25) is 0 Å². The van der Waals surface area contributed by atoms with E-state index in [1.165, 1.54) is 77.0 Å². The minimum Gasteiger partial charge on any atom is -0.381 e. The van der Waals surface area contributed by atoms with Crippen LogP contribution in [-0.2, 0) is 4.74 Å². The standard InChI is InChI=1S/C18H37NO/c1-2-3-4-5-6-7-8-11-14-20-16-18-13-10-9-12-17(18)15-19/h17-18H,2-16,19H2,1H3. The molecule has 120 valence electrons. The van der Waals surface area contributed by atoms with E-state index in [1.54, 1.807) is 0 Å². The Balaban J connectivity index is 1.86. The fraction of sp³-hybridized carbons (Fsp3) is 1.00. The first-order valence-corrected chi connectivity index (χ1v) is 9.16. The second-order valence-corrected chi connectivity index (χ2v) is 6.59. The first kappa shape index (κ1) is 18.0. The van der Waals surface area contributed by atoms with Crippen molar-refractivity contribution in [3.8, 4) is 0 Å². The molecule has 0 aromatic carbocycles. The van der Waals surface area contributed by atoms with Crippen LogP contribution in [0.4, 0.5) is 0 Å². The van der Waals surface area contributed by atoms with Gasteiger partial charge in [0.1, 0.15) is 0 Å². The van der Waals surface area contributed by atoms with Crippen LogP contribution < -0.4 is 5.73 Å². The minimum atomic E-state index is 0.724. The van der Waals surface area contributed by atoms with Crippen molar-refractivity contribution in [3.05, 3.63) is 0 Å². The second-order valence-electron chi connectivity index (χ2n) is 6.59. The third kappa shape index (κ3) is 8.26. The third-order valence-corrected chi connectivity index (χ3v) is 4.84. The summed E-state index contributed by atoms with van der Waals surface area (Å²) in [6.45, 7) is 5.05. The Hall–Kier alpha value is -0.0800. The van der Waals surface area contributed by atoms with Gasteiger partial charge in [0, 0.05) is 13.2 Å². The number of ether oxygens (including phenoxy) is 1. The van der Waals surface area contributed by atoms with Gasteiger partial charge in [0.05, 0.1) is 0 Å². The zero-order valence-electron chi connectivity index (χ0n) is 13.7. The maximum absolute atomic E-state index is 5.89. The SMILES string of the molecule is CCCCCCCCCCOCC1CCCCC1CN. The molecule has 0 radical (unpaired) electrons. The highest BCUT2D eigenvalue weighted by Crippen LogP contribution is 2.29. The number of nitrogens with two attached hydrogens (primary N) is 1. The summed E-state index contributed by atoms with van der Waals surface area (Å²) in [5, 5.41) is 0. The fourth-order valence-corrected chi connectivity index (χ4v) is 3.39. The van der Waals surface area contributed by atoms with Crippen molar-refractivity contribution in [2.45, 2.75) is 84.0 Å². The van der Waals surface area contributed by atoms with Gasteiger partial charge >= 0.3 is 0 Å². The number of unbranched alkanes of at least 4 members (excludes halogenated alkanes) is 7. The molecule has 0 saturated heterocycles. The average molecular weight is 284 g/mol. The summed E-state index contributed by atoms with van der Waals surface area (Å²) < 4.78 is 5.89. The van der Waals surface area contributed by atoms with Crippen molar-refractivity contribution in [2.75, 3.05) is 19.8 Å². The van der Waals surface area contributed by atoms with Gasteiger partial charge in [0.15, 0.2) is 0 Å². The van der Waals surface area contributed by atoms with Crippen LogP contribution in [0.5, 0.6) is 0 Å². The van der Waals surface area contributed by atoms with Crippen LogP contribution in [0, 0.1) is 11.8 Å². The molecule has 2 N–H and O–H groups in total. The summed E-state index contributed by atoms with van der Waals surface area (Å²) >= 11 is 0. The topological polar surface area (TPSA) is 35.2 Å². The predicted molar refractivity (Wildman–Crippen MR) is 87.9 cm³/mol. The molecule has 1 aliphatic rings. The molecule has 0 heterocycles. The van der Waals surface area contributed by atoms with Gasteiger partial charge in [-0.3, -0.25) is 0 Å². The largest absolute Gasteiger partial charge is 0.381 e. The number of hydrogen-bond donors (Lipinski definition) is 1. The van der Waals surface area contributed by atoms with Crippen molar-refractivity contribution in [2.24, 2.45) is 17.6 Å². The van der Waals surface area contributed by atoms with Gasteiger partial charge in [-0.05, 0) is 37.6 Å². The molecule has 20 heavy (non-hydrogen) atoms. The molecule has 1 saturated carbocycles. The molecule has 0 aliphatic heterocycles. The van der Waals surface area contributed by atoms with Crippen LogP contribution in [0.3, 0.4) is 0 Å². The first-order chi connectivity index (χ1) is 9.88. The van der Waals surface area contributed by atoms with E-state index >= 15 is 0 Å². The Kier molecular flexibility index (Phi) is 11.4. The van der Waals surface area contributed by atoms with Crippen LogP contribution >= 0.6 is 0 Å². The normalized spacial score (nSPS) is 23.1. The molecule has 0 spiro atoms. The van der Waals surface area contributed by atoms with E-state index in [1.807, 2.05) is 0 Å². The van der Waals surface area contributed by atoms with E-state index in [0.717, 1.165) is 31.6 Å². The Labute approximate surface area is 126 Å². The Morgan fingerprint density at radius 3 is 2.10 bits per heavy atom. The molecular formula is C18H37NO. The van der Waals surface area contributed by atoms with E-state index in [0.29, 0.717) is 0 Å². The molecular weight excluding hydrogens is 246 g/mol. The average Bonchev–Trinajstić information content (AvgIpc) is 2.49. The zero-order chi connectivity index (χ0) is 14.5. The summed E-state index contributed by atoms with van der Waals surface area (Å²) in [5.41, 5.74) is 5.86. The molecule has 2 unspecified atom stereocenters. The summed E-state index contributed by atoms with van der Waals surface area (Å²) in [4.78, 5) is 0. The quantitative estimate of drug-likeness (QED) is 0.517. The molecule has 0 amide bonds. The van der Waals surface area contributed by atoms with E-state index in [4.69, 9.17) is 10.5 Å². The zero-order valence-corrected chi connectivity index (χ0v) is 13.7. The maximum atomic E-state index is 5.89. The molecule has 0 aromatic rings. The molecule has 1 aliphatic carbocycles. The maximum Gasteiger partial charge on any atom is 0.0497 e. The highest BCUT2D eigenvalue weighted by molar-refractivity contribution is 4.75. The molecule has 2 atom stereocenters. The van der Waals surface area contributed by atoms with Crippen LogP contribution in [0.15, 0.2) is 0 Å². The number of rotatable bonds is 12. The van der Waals surface area contributed by atoms with E-state index in [2.05, 4.69) is 6.92 Å². The molecule has 2 heteroatoms. The summed E-state index contributed by atoms with van der Waals surface area (Å²) in [6, 6.07) is 0. The van der Waals surface area contributed by atoms with Gasteiger partial charge in [-0.2, -0.15) is 0 Å².